The first-order valence-electron chi connectivity index (χ1n) is 7.49. The molecule has 1 fully saturated rings. The van der Waals surface area contributed by atoms with Gasteiger partial charge in [-0.2, -0.15) is 0 Å². The molecule has 114 valence electrons. The number of hydrogen-bond acceptors (Lipinski definition) is 4. The Morgan fingerprint density at radius 3 is 2.55 bits per heavy atom. The van der Waals surface area contributed by atoms with E-state index in [4.69, 9.17) is 9.47 Å². The molecule has 4 nitrogen and oxygen atoms in total. The van der Waals surface area contributed by atoms with Crippen molar-refractivity contribution in [3.05, 3.63) is 42.0 Å². The van der Waals surface area contributed by atoms with Gasteiger partial charge in [-0.25, -0.2) is 4.79 Å². The van der Waals surface area contributed by atoms with E-state index in [2.05, 4.69) is 0 Å². The summed E-state index contributed by atoms with van der Waals surface area (Å²) in [6.45, 7) is 0. The first kappa shape index (κ1) is 14.6. The van der Waals surface area contributed by atoms with Crippen LogP contribution in [-0.4, -0.2) is 25.0 Å². The topological polar surface area (TPSA) is 52.6 Å². The summed E-state index contributed by atoms with van der Waals surface area (Å²) in [6.07, 6.45) is 2.29. The fraction of sp³-hybridized carbons (Fsp3) is 0.333. The van der Waals surface area contributed by atoms with Crippen molar-refractivity contribution < 1.29 is 19.1 Å². The van der Waals surface area contributed by atoms with Gasteiger partial charge in [-0.05, 0) is 42.2 Å². The first-order valence-corrected chi connectivity index (χ1v) is 7.49. The Kier molecular flexibility index (Phi) is 4.09. The van der Waals surface area contributed by atoms with Crippen LogP contribution in [-0.2, 0) is 9.53 Å². The molecule has 0 aliphatic heterocycles. The molecular formula is C18H18O4. The molecule has 0 heterocycles. The van der Waals surface area contributed by atoms with Gasteiger partial charge in [-0.3, -0.25) is 4.79 Å². The van der Waals surface area contributed by atoms with Gasteiger partial charge in [0.25, 0.3) is 0 Å². The van der Waals surface area contributed by atoms with E-state index >= 15 is 0 Å². The average molecular weight is 298 g/mol. The van der Waals surface area contributed by atoms with Gasteiger partial charge in [-0.1, -0.05) is 24.3 Å². The minimum atomic E-state index is -0.613. The zero-order chi connectivity index (χ0) is 15.5. The zero-order valence-corrected chi connectivity index (χ0v) is 12.5. The summed E-state index contributed by atoms with van der Waals surface area (Å²) >= 11 is 0. The van der Waals surface area contributed by atoms with Gasteiger partial charge in [0.05, 0.1) is 7.11 Å². The SMILES string of the molecule is COc1cc2ccccc2cc1C(=O)O[C@@H]1CCCCC1=O. The molecule has 0 bridgehead atoms. The van der Waals surface area contributed by atoms with Crippen LogP contribution in [0.3, 0.4) is 0 Å². The Labute approximate surface area is 129 Å². The predicted molar refractivity (Wildman–Crippen MR) is 83.2 cm³/mol. The van der Waals surface area contributed by atoms with Crippen molar-refractivity contribution in [2.75, 3.05) is 7.11 Å². The van der Waals surface area contributed by atoms with Gasteiger partial charge < -0.3 is 9.47 Å². The van der Waals surface area contributed by atoms with Crippen molar-refractivity contribution in [1.82, 2.24) is 0 Å². The van der Waals surface area contributed by atoms with E-state index in [1.165, 1.54) is 7.11 Å². The molecule has 1 aliphatic rings. The van der Waals surface area contributed by atoms with Gasteiger partial charge in [0.2, 0.25) is 0 Å². The summed E-state index contributed by atoms with van der Waals surface area (Å²) in [6, 6.07) is 11.3. The van der Waals surface area contributed by atoms with Crippen LogP contribution in [0.5, 0.6) is 5.75 Å². The minimum Gasteiger partial charge on any atom is -0.496 e. The van der Waals surface area contributed by atoms with E-state index in [0.29, 0.717) is 24.2 Å². The summed E-state index contributed by atoms with van der Waals surface area (Å²) in [5.41, 5.74) is 0.361. The molecule has 22 heavy (non-hydrogen) atoms. The monoisotopic (exact) mass is 298 g/mol. The van der Waals surface area contributed by atoms with Gasteiger partial charge in [-0.15, -0.1) is 0 Å². The Morgan fingerprint density at radius 1 is 1.14 bits per heavy atom. The summed E-state index contributed by atoms with van der Waals surface area (Å²) in [4.78, 5) is 24.2. The van der Waals surface area contributed by atoms with Crippen LogP contribution < -0.4 is 4.74 Å². The third-order valence-electron chi connectivity index (χ3n) is 4.04. The number of hydrogen-bond donors (Lipinski definition) is 0. The first-order chi connectivity index (χ1) is 10.7. The van der Waals surface area contributed by atoms with Crippen molar-refractivity contribution in [2.24, 2.45) is 0 Å². The second-order valence-electron chi connectivity index (χ2n) is 5.51. The maximum Gasteiger partial charge on any atom is 0.342 e. The number of methoxy groups -OCH3 is 1. The smallest absolute Gasteiger partial charge is 0.342 e. The Morgan fingerprint density at radius 2 is 1.86 bits per heavy atom. The molecule has 0 spiro atoms. The van der Waals surface area contributed by atoms with Gasteiger partial charge >= 0.3 is 5.97 Å². The average Bonchev–Trinajstić information content (AvgIpc) is 2.55. The number of Topliss-reactive ketones (excluding diaryl/α,β-unsaturated/α-hetero) is 1. The van der Waals surface area contributed by atoms with Crippen molar-refractivity contribution in [3.63, 3.8) is 0 Å². The molecule has 0 aromatic heterocycles. The lowest BCUT2D eigenvalue weighted by atomic mass is 9.96. The molecule has 0 amide bonds. The number of ketones is 1. The molecule has 0 saturated heterocycles. The van der Waals surface area contributed by atoms with E-state index in [-0.39, 0.29) is 5.78 Å². The van der Waals surface area contributed by atoms with Crippen LogP contribution in [0.1, 0.15) is 36.0 Å². The highest BCUT2D eigenvalue weighted by Crippen LogP contribution is 2.28. The van der Waals surface area contributed by atoms with Crippen molar-refractivity contribution >= 4 is 22.5 Å². The van der Waals surface area contributed by atoms with Gasteiger partial charge in [0, 0.05) is 6.42 Å². The molecule has 0 radical (unpaired) electrons. The Balaban J connectivity index is 1.90. The molecule has 1 atom stereocenters. The number of carbonyl (C=O) groups is 2. The lowest BCUT2D eigenvalue weighted by Crippen LogP contribution is -2.30. The largest absolute Gasteiger partial charge is 0.496 e. The van der Waals surface area contributed by atoms with Crippen molar-refractivity contribution in [1.29, 1.82) is 0 Å². The number of rotatable bonds is 3. The van der Waals surface area contributed by atoms with Gasteiger partial charge in [0.15, 0.2) is 11.9 Å². The molecule has 4 heteroatoms. The van der Waals surface area contributed by atoms with E-state index in [1.807, 2.05) is 30.3 Å². The van der Waals surface area contributed by atoms with Crippen LogP contribution >= 0.6 is 0 Å². The van der Waals surface area contributed by atoms with Crippen LogP contribution in [0.15, 0.2) is 36.4 Å². The maximum absolute atomic E-state index is 12.4. The van der Waals surface area contributed by atoms with Crippen LogP contribution in [0.2, 0.25) is 0 Å². The number of ether oxygens (including phenoxy) is 2. The fourth-order valence-corrected chi connectivity index (χ4v) is 2.82. The minimum absolute atomic E-state index is 0.0133. The molecule has 2 aromatic carbocycles. The zero-order valence-electron chi connectivity index (χ0n) is 12.5. The number of carbonyl (C=O) groups excluding carboxylic acids is 2. The normalized spacial score (nSPS) is 18.2. The van der Waals surface area contributed by atoms with Crippen molar-refractivity contribution in [2.45, 2.75) is 31.8 Å². The van der Waals surface area contributed by atoms with E-state index in [9.17, 15) is 9.59 Å². The Hall–Kier alpha value is -2.36. The van der Waals surface area contributed by atoms with Crippen LogP contribution in [0.4, 0.5) is 0 Å². The summed E-state index contributed by atoms with van der Waals surface area (Å²) < 4.78 is 10.7. The highest BCUT2D eigenvalue weighted by atomic mass is 16.5. The van der Waals surface area contributed by atoms with Crippen LogP contribution in [0.25, 0.3) is 10.8 Å². The maximum atomic E-state index is 12.4. The predicted octanol–water partition coefficient (Wildman–Crippen LogP) is 3.52. The van der Waals surface area contributed by atoms with E-state index in [1.54, 1.807) is 6.07 Å². The lowest BCUT2D eigenvalue weighted by molar-refractivity contribution is -0.129. The molecule has 3 rings (SSSR count). The highest BCUT2D eigenvalue weighted by Gasteiger charge is 2.27. The van der Waals surface area contributed by atoms with E-state index < -0.39 is 12.1 Å². The summed E-state index contributed by atoms with van der Waals surface area (Å²) in [5.74, 6) is -0.0193. The van der Waals surface area contributed by atoms with Crippen LogP contribution in [0, 0.1) is 0 Å². The van der Waals surface area contributed by atoms with E-state index in [0.717, 1.165) is 23.6 Å². The number of benzene rings is 2. The quantitative estimate of drug-likeness (QED) is 0.814. The van der Waals surface area contributed by atoms with Crippen molar-refractivity contribution in [3.8, 4) is 5.75 Å². The number of esters is 1. The molecule has 0 N–H and O–H groups in total. The second-order valence-corrected chi connectivity index (χ2v) is 5.51. The number of fused-ring (bicyclic) bond motifs is 1. The fourth-order valence-electron chi connectivity index (χ4n) is 2.82. The third-order valence-corrected chi connectivity index (χ3v) is 4.04. The molecule has 2 aromatic rings. The summed E-state index contributed by atoms with van der Waals surface area (Å²) in [5, 5.41) is 1.93. The molecular weight excluding hydrogens is 280 g/mol. The standard InChI is InChI=1S/C18H18O4/c1-21-17-11-13-7-3-2-6-12(13)10-14(17)18(20)22-16-9-5-4-8-15(16)19/h2-3,6-7,10-11,16H,4-5,8-9H2,1H3/t16-/m1/s1. The Bertz CT molecular complexity index is 720. The molecule has 0 unspecified atom stereocenters. The second kappa shape index (κ2) is 6.18. The lowest BCUT2D eigenvalue weighted by Gasteiger charge is -2.21. The molecule has 1 saturated carbocycles. The third kappa shape index (κ3) is 2.82. The van der Waals surface area contributed by atoms with Gasteiger partial charge in [0.1, 0.15) is 11.3 Å². The molecule has 1 aliphatic carbocycles. The summed E-state index contributed by atoms with van der Waals surface area (Å²) in [7, 11) is 1.52. The highest BCUT2D eigenvalue weighted by molar-refractivity contribution is 6.00.